The summed E-state index contributed by atoms with van der Waals surface area (Å²) < 4.78 is 41.6. The zero-order chi connectivity index (χ0) is 18.5. The Balaban J connectivity index is 1.73. The highest BCUT2D eigenvalue weighted by molar-refractivity contribution is 5.83. The van der Waals surface area contributed by atoms with Crippen LogP contribution in [-0.2, 0) is 0 Å². The van der Waals surface area contributed by atoms with Gasteiger partial charge in [0, 0.05) is 11.1 Å². The van der Waals surface area contributed by atoms with Gasteiger partial charge < -0.3 is 0 Å². The fourth-order valence-corrected chi connectivity index (χ4v) is 3.67. The van der Waals surface area contributed by atoms with Gasteiger partial charge in [0.1, 0.15) is 5.82 Å². The van der Waals surface area contributed by atoms with E-state index in [0.29, 0.717) is 11.8 Å². The van der Waals surface area contributed by atoms with Gasteiger partial charge in [0.15, 0.2) is 11.7 Å². The molecule has 1 aliphatic carbocycles. The minimum Gasteiger partial charge on any atom is -0.207 e. The first-order valence-corrected chi connectivity index (χ1v) is 9.13. The highest BCUT2D eigenvalue weighted by Gasteiger charge is 2.21. The number of hydrogen-bond donors (Lipinski definition) is 0. The Labute approximate surface area is 153 Å². The van der Waals surface area contributed by atoms with Gasteiger partial charge in [-0.25, -0.2) is 13.2 Å². The molecule has 1 saturated carbocycles. The van der Waals surface area contributed by atoms with Crippen LogP contribution in [0.25, 0.3) is 11.7 Å². The van der Waals surface area contributed by atoms with E-state index in [1.54, 1.807) is 12.1 Å². The zero-order valence-electron chi connectivity index (χ0n) is 14.9. The summed E-state index contributed by atoms with van der Waals surface area (Å²) in [5.74, 6) is -1.21. The van der Waals surface area contributed by atoms with Crippen LogP contribution in [0.2, 0.25) is 0 Å². The van der Waals surface area contributed by atoms with Gasteiger partial charge in [-0.15, -0.1) is 0 Å². The topological polar surface area (TPSA) is 0 Å². The summed E-state index contributed by atoms with van der Waals surface area (Å²) in [7, 11) is 0. The van der Waals surface area contributed by atoms with Crippen molar-refractivity contribution < 1.29 is 13.2 Å². The lowest BCUT2D eigenvalue weighted by atomic mass is 9.78. The maximum atomic E-state index is 14.4. The Kier molecular flexibility index (Phi) is 5.97. The second kappa shape index (κ2) is 8.39. The molecule has 1 fully saturated rings. The van der Waals surface area contributed by atoms with E-state index in [0.717, 1.165) is 25.0 Å². The van der Waals surface area contributed by atoms with Crippen molar-refractivity contribution in [2.24, 2.45) is 5.92 Å². The molecule has 2 aromatic carbocycles. The van der Waals surface area contributed by atoms with Gasteiger partial charge in [-0.1, -0.05) is 36.4 Å². The Morgan fingerprint density at radius 1 is 0.808 bits per heavy atom. The molecule has 136 valence electrons. The summed E-state index contributed by atoms with van der Waals surface area (Å²) in [4.78, 5) is 0. The molecule has 0 bridgehead atoms. The maximum Gasteiger partial charge on any atom is 0.166 e. The highest BCUT2D eigenvalue weighted by Crippen LogP contribution is 2.37. The SMILES string of the molecule is C/C=C/C1CCC(c2ccc(C(F)=C(F)c3ccc(F)cc3)cc2)CC1. The first-order valence-electron chi connectivity index (χ1n) is 9.13. The van der Waals surface area contributed by atoms with Gasteiger partial charge in [0.25, 0.3) is 0 Å². The van der Waals surface area contributed by atoms with Crippen LogP contribution >= 0.6 is 0 Å². The Morgan fingerprint density at radius 3 is 1.81 bits per heavy atom. The lowest BCUT2D eigenvalue weighted by Crippen LogP contribution is -2.11. The van der Waals surface area contributed by atoms with Crippen molar-refractivity contribution >= 4 is 11.7 Å². The van der Waals surface area contributed by atoms with Crippen LogP contribution in [0.4, 0.5) is 13.2 Å². The van der Waals surface area contributed by atoms with E-state index >= 15 is 0 Å². The number of allylic oxidation sites excluding steroid dienone is 2. The van der Waals surface area contributed by atoms with Crippen LogP contribution in [-0.4, -0.2) is 0 Å². The zero-order valence-corrected chi connectivity index (χ0v) is 14.9. The molecule has 3 rings (SSSR count). The van der Waals surface area contributed by atoms with Crippen LogP contribution in [0, 0.1) is 11.7 Å². The maximum absolute atomic E-state index is 14.4. The third kappa shape index (κ3) is 4.27. The predicted octanol–water partition coefficient (Wildman–Crippen LogP) is 7.44. The van der Waals surface area contributed by atoms with Crippen LogP contribution in [0.3, 0.4) is 0 Å². The number of rotatable bonds is 4. The number of halogens is 3. The Bertz CT molecular complexity index is 777. The van der Waals surface area contributed by atoms with E-state index in [1.165, 1.54) is 30.5 Å². The average Bonchev–Trinajstić information content (AvgIpc) is 2.68. The molecule has 26 heavy (non-hydrogen) atoms. The molecule has 0 N–H and O–H groups in total. The number of hydrogen-bond acceptors (Lipinski definition) is 0. The first kappa shape index (κ1) is 18.5. The van der Waals surface area contributed by atoms with E-state index in [4.69, 9.17) is 0 Å². The summed E-state index contributed by atoms with van der Waals surface area (Å²) in [6, 6.07) is 11.8. The predicted molar refractivity (Wildman–Crippen MR) is 101 cm³/mol. The van der Waals surface area contributed by atoms with E-state index in [2.05, 4.69) is 19.1 Å². The Hall–Kier alpha value is -2.29. The fraction of sp³-hybridized carbons (Fsp3) is 0.304. The van der Waals surface area contributed by atoms with Crippen LogP contribution in [0.1, 0.15) is 55.2 Å². The van der Waals surface area contributed by atoms with Gasteiger partial charge in [0.05, 0.1) is 0 Å². The van der Waals surface area contributed by atoms with Crippen LogP contribution < -0.4 is 0 Å². The third-order valence-electron chi connectivity index (χ3n) is 5.16. The van der Waals surface area contributed by atoms with E-state index < -0.39 is 17.5 Å². The number of benzene rings is 2. The van der Waals surface area contributed by atoms with Gasteiger partial charge >= 0.3 is 0 Å². The molecule has 0 saturated heterocycles. The monoisotopic (exact) mass is 356 g/mol. The molecule has 2 aromatic rings. The largest absolute Gasteiger partial charge is 0.207 e. The standard InChI is InChI=1S/C23H23F3/c1-2-3-16-4-6-17(7-5-16)18-8-10-19(11-9-18)22(25)23(26)20-12-14-21(24)15-13-20/h2-3,8-17H,4-7H2,1H3/b3-2+,23-22?. The van der Waals surface area contributed by atoms with E-state index in [9.17, 15) is 13.2 Å². The molecule has 1 aliphatic rings. The second-order valence-electron chi connectivity index (χ2n) is 6.89. The summed E-state index contributed by atoms with van der Waals surface area (Å²) in [5, 5.41) is 0. The molecule has 0 radical (unpaired) electrons. The van der Waals surface area contributed by atoms with Crippen LogP contribution in [0.15, 0.2) is 60.7 Å². The molecular formula is C23H23F3. The summed E-state index contributed by atoms with van der Waals surface area (Å²) >= 11 is 0. The molecule has 0 spiro atoms. The summed E-state index contributed by atoms with van der Waals surface area (Å²) in [5.41, 5.74) is 1.43. The van der Waals surface area contributed by atoms with Crippen molar-refractivity contribution in [2.75, 3.05) is 0 Å². The van der Waals surface area contributed by atoms with Gasteiger partial charge in [-0.3, -0.25) is 0 Å². The van der Waals surface area contributed by atoms with Crippen molar-refractivity contribution in [1.29, 1.82) is 0 Å². The van der Waals surface area contributed by atoms with E-state index in [-0.39, 0.29) is 11.1 Å². The molecular weight excluding hydrogens is 333 g/mol. The molecule has 3 heteroatoms. The van der Waals surface area contributed by atoms with Crippen molar-refractivity contribution in [3.8, 4) is 0 Å². The molecule has 0 unspecified atom stereocenters. The first-order chi connectivity index (χ1) is 12.6. The summed E-state index contributed by atoms with van der Waals surface area (Å²) in [6.07, 6.45) is 8.98. The molecule has 0 amide bonds. The van der Waals surface area contributed by atoms with Crippen molar-refractivity contribution in [1.82, 2.24) is 0 Å². The summed E-state index contributed by atoms with van der Waals surface area (Å²) in [6.45, 7) is 2.05. The van der Waals surface area contributed by atoms with Crippen molar-refractivity contribution in [2.45, 2.75) is 38.5 Å². The lowest BCUT2D eigenvalue weighted by molar-refractivity contribution is 0.375. The van der Waals surface area contributed by atoms with Crippen molar-refractivity contribution in [3.05, 3.63) is 83.2 Å². The minimum absolute atomic E-state index is 0.0373. The minimum atomic E-state index is -0.968. The lowest BCUT2D eigenvalue weighted by Gasteiger charge is -2.27. The van der Waals surface area contributed by atoms with Gasteiger partial charge in [-0.2, -0.15) is 0 Å². The molecule has 0 heterocycles. The quantitative estimate of drug-likeness (QED) is 0.394. The molecule has 0 aliphatic heterocycles. The average molecular weight is 356 g/mol. The van der Waals surface area contributed by atoms with Gasteiger partial charge in [0.2, 0.25) is 0 Å². The second-order valence-corrected chi connectivity index (χ2v) is 6.89. The smallest absolute Gasteiger partial charge is 0.166 e. The molecule has 0 nitrogen and oxygen atoms in total. The highest BCUT2D eigenvalue weighted by atomic mass is 19.2. The molecule has 0 aromatic heterocycles. The molecule has 0 atom stereocenters. The van der Waals surface area contributed by atoms with Crippen molar-refractivity contribution in [3.63, 3.8) is 0 Å². The fourth-order valence-electron chi connectivity index (χ4n) is 3.67. The van der Waals surface area contributed by atoms with Gasteiger partial charge in [-0.05, 0) is 74.3 Å². The third-order valence-corrected chi connectivity index (χ3v) is 5.16. The van der Waals surface area contributed by atoms with Crippen LogP contribution in [0.5, 0.6) is 0 Å². The Morgan fingerprint density at radius 2 is 1.31 bits per heavy atom. The van der Waals surface area contributed by atoms with E-state index in [1.807, 2.05) is 12.1 Å². The normalized spacial score (nSPS) is 21.7.